The molecule has 0 amide bonds. The van der Waals surface area contributed by atoms with Crippen LogP contribution in [0, 0.1) is 6.92 Å². The van der Waals surface area contributed by atoms with Crippen molar-refractivity contribution in [1.29, 1.82) is 0 Å². The van der Waals surface area contributed by atoms with Gasteiger partial charge in [-0.15, -0.1) is 0 Å². The van der Waals surface area contributed by atoms with Crippen LogP contribution >= 0.6 is 18.6 Å². The number of benzene rings is 1. The van der Waals surface area contributed by atoms with Crippen LogP contribution in [0.2, 0.25) is 0 Å². The number of fused-ring (bicyclic) bond motifs is 7. The van der Waals surface area contributed by atoms with Crippen molar-refractivity contribution in [2.45, 2.75) is 66.2 Å². The van der Waals surface area contributed by atoms with Gasteiger partial charge in [0.1, 0.15) is 0 Å². The summed E-state index contributed by atoms with van der Waals surface area (Å²) in [5.74, 6) is 1.06. The van der Waals surface area contributed by atoms with E-state index in [9.17, 15) is 10.2 Å². The molecule has 0 atom stereocenters. The standard InChI is InChI=1S/C48H67I2N5O10/c1-7-35-36(8-2)40-28-42-38(12-10-14-57)34(4)45(54-42)32-55(50-49)46-30-48(65-26-24-63-22-20-61-18-16-59-6)47(64-25-23-62-21-19-60-17-15-58-5)29-43(46)51-31-44-33(3)37(11-9-13-56)41(53-44)27-39(35)52-40/h27-32,53,56-57H,7-26H2,1-6H3. The Bertz CT molecular complexity index is 2270. The third-order valence-corrected chi connectivity index (χ3v) is 14.8. The molecule has 0 saturated carbocycles. The van der Waals surface area contributed by atoms with Crippen LogP contribution in [0.5, 0.6) is 11.5 Å². The van der Waals surface area contributed by atoms with Crippen molar-refractivity contribution in [3.63, 3.8) is 0 Å². The van der Waals surface area contributed by atoms with Crippen LogP contribution in [0.15, 0.2) is 36.7 Å². The summed E-state index contributed by atoms with van der Waals surface area (Å²) in [7, 11) is 3.29. The molecule has 5 rings (SSSR count). The number of rotatable bonds is 29. The molecule has 0 radical (unpaired) electrons. The minimum atomic E-state index is -0.659. The van der Waals surface area contributed by atoms with Crippen molar-refractivity contribution in [3.8, 4) is 11.5 Å². The van der Waals surface area contributed by atoms with Gasteiger partial charge < -0.3 is 9.47 Å². The van der Waals surface area contributed by atoms with E-state index in [0.29, 0.717) is 109 Å². The molecule has 2 aromatic heterocycles. The Morgan fingerprint density at radius 2 is 1.15 bits per heavy atom. The monoisotopic (exact) mass is 1130 g/mol. The quantitative estimate of drug-likeness (QED) is 0.0668. The summed E-state index contributed by atoms with van der Waals surface area (Å²) in [6, 6.07) is 8.20. The Kier molecular flexibility index (Phi) is 23.5. The third kappa shape index (κ3) is 15.2. The van der Waals surface area contributed by atoms with Crippen molar-refractivity contribution < 1.29 is 68.4 Å². The third-order valence-electron chi connectivity index (χ3n) is 11.0. The Morgan fingerprint density at radius 3 is 1.72 bits per heavy atom. The van der Waals surface area contributed by atoms with Gasteiger partial charge in [-0.2, -0.15) is 0 Å². The number of nitrogens with one attached hydrogen (secondary N) is 1. The number of aromatic amines is 1. The van der Waals surface area contributed by atoms with Crippen LogP contribution in [0.4, 0.5) is 0 Å². The molecule has 2 aliphatic heterocycles. The second-order valence-corrected chi connectivity index (χ2v) is 19.1. The number of nitrogens with zero attached hydrogens (tertiary/aromatic N) is 4. The van der Waals surface area contributed by atoms with E-state index in [1.807, 2.05) is 18.3 Å². The van der Waals surface area contributed by atoms with Gasteiger partial charge in [-0.25, -0.2) is 0 Å². The number of halogens is 2. The van der Waals surface area contributed by atoms with Gasteiger partial charge in [-0.3, -0.25) is 0 Å². The van der Waals surface area contributed by atoms with E-state index in [0.717, 1.165) is 74.4 Å². The molecule has 0 saturated heterocycles. The number of aliphatic hydroxyl groups is 2. The predicted molar refractivity (Wildman–Crippen MR) is 257 cm³/mol. The normalized spacial score (nSPS) is 12.8. The molecule has 65 heavy (non-hydrogen) atoms. The first kappa shape index (κ1) is 52.8. The van der Waals surface area contributed by atoms with E-state index in [1.165, 1.54) is 11.1 Å². The van der Waals surface area contributed by atoms with Gasteiger partial charge in [-0.1, -0.05) is 0 Å². The number of methoxy groups -OCH3 is 2. The Morgan fingerprint density at radius 1 is 0.631 bits per heavy atom. The number of allylic oxidation sites excluding steroid dienone is 4. The van der Waals surface area contributed by atoms with Crippen LogP contribution in [0.1, 0.15) is 86.8 Å². The summed E-state index contributed by atoms with van der Waals surface area (Å²) in [5.41, 5.74) is 13.6. The number of hydrogen-bond donors (Lipinski definition) is 3. The van der Waals surface area contributed by atoms with Crippen molar-refractivity contribution in [3.05, 3.63) is 70.6 Å². The summed E-state index contributed by atoms with van der Waals surface area (Å²) in [4.78, 5) is 19.5. The van der Waals surface area contributed by atoms with Crippen LogP contribution < -0.4 is 29.8 Å². The van der Waals surface area contributed by atoms with Gasteiger partial charge in [0.15, 0.2) is 0 Å². The van der Waals surface area contributed by atoms with Crippen molar-refractivity contribution in [1.82, 2.24) is 19.9 Å². The van der Waals surface area contributed by atoms with E-state index in [4.69, 9.17) is 52.8 Å². The number of aromatic nitrogens is 5. The molecule has 17 heteroatoms. The number of hydrogen-bond acceptors (Lipinski definition) is 13. The number of aryl methyl sites for hydroxylation is 2. The molecule has 0 spiro atoms. The SMILES string of the molecule is CCC1=C(CC)c2cc3[nH]c(cnc4cc(OCCOCCOCCOC)c(OCCOCCOCCOC)cc4[n+]([I-]I)cc4nc(cc1n2)C(CCCO)=C4C)c(C)c3CCCO. The van der Waals surface area contributed by atoms with Gasteiger partial charge in [-0.05, 0) is 0 Å². The first-order valence-electron chi connectivity index (χ1n) is 22.5. The fourth-order valence-corrected chi connectivity index (χ4v) is 10.5. The molecule has 0 aliphatic carbocycles. The van der Waals surface area contributed by atoms with E-state index in [-0.39, 0.29) is 26.4 Å². The van der Waals surface area contributed by atoms with E-state index < -0.39 is 17.5 Å². The summed E-state index contributed by atoms with van der Waals surface area (Å²) in [6.45, 7) is 13.8. The second-order valence-electron chi connectivity index (χ2n) is 15.2. The topological polar surface area (TPSA) is 173 Å². The minimum absolute atomic E-state index is 0.0831. The zero-order chi connectivity index (χ0) is 46.4. The Labute approximate surface area is 403 Å². The molecule has 3 aromatic rings. The van der Waals surface area contributed by atoms with Gasteiger partial charge in [0.2, 0.25) is 0 Å². The second kappa shape index (κ2) is 28.9. The summed E-state index contributed by atoms with van der Waals surface area (Å²) in [5, 5.41) is 19.9. The van der Waals surface area contributed by atoms with Gasteiger partial charge in [0.05, 0.1) is 19.8 Å². The molecule has 1 aromatic carbocycles. The zero-order valence-electron chi connectivity index (χ0n) is 38.8. The molecular weight excluding hydrogens is 1060 g/mol. The van der Waals surface area contributed by atoms with Gasteiger partial charge in [0.25, 0.3) is 0 Å². The summed E-state index contributed by atoms with van der Waals surface area (Å²) in [6.07, 6.45) is 8.26. The van der Waals surface area contributed by atoms with Crippen LogP contribution in [0.25, 0.3) is 44.4 Å². The Balaban J connectivity index is 1.71. The first-order chi connectivity index (χ1) is 31.8. The molecule has 0 fully saturated rings. The van der Waals surface area contributed by atoms with Gasteiger partial charge in [0, 0.05) is 14.2 Å². The average molecular weight is 1130 g/mol. The van der Waals surface area contributed by atoms with E-state index in [1.54, 1.807) is 14.2 Å². The van der Waals surface area contributed by atoms with E-state index in [2.05, 4.69) is 72.4 Å². The zero-order valence-corrected chi connectivity index (χ0v) is 43.1. The fraction of sp³-hybridized carbons (Fsp3) is 0.542. The summed E-state index contributed by atoms with van der Waals surface area (Å²) >= 11 is 1.81. The van der Waals surface area contributed by atoms with Crippen molar-refractivity contribution in [2.75, 3.05) is 107 Å². The van der Waals surface area contributed by atoms with Crippen LogP contribution in [0.3, 0.4) is 0 Å². The number of aliphatic hydroxyl groups excluding tert-OH is 2. The maximum absolute atomic E-state index is 9.95. The molecule has 3 N–H and O–H groups in total. The average Bonchev–Trinajstić information content (AvgIpc) is 3.91. The van der Waals surface area contributed by atoms with Gasteiger partial charge >= 0.3 is 363 Å². The molecule has 4 heterocycles. The first-order valence-corrected chi connectivity index (χ1v) is 29.7. The van der Waals surface area contributed by atoms with Crippen molar-refractivity contribution in [2.24, 2.45) is 0 Å². The molecule has 2 aliphatic rings. The number of H-pyrrole nitrogens is 1. The molecule has 6 bridgehead atoms. The number of ether oxygens (including phenoxy) is 8. The fourth-order valence-electron chi connectivity index (χ4n) is 7.57. The molecular formula is C48H67I2N5O10. The summed E-state index contributed by atoms with van der Waals surface area (Å²) < 4.78 is 48.0. The Hall–Kier alpha value is -3.12. The predicted octanol–water partition coefficient (Wildman–Crippen LogP) is 4.22. The van der Waals surface area contributed by atoms with Crippen molar-refractivity contribution >= 4 is 63.0 Å². The molecule has 15 nitrogen and oxygen atoms in total. The van der Waals surface area contributed by atoms with E-state index >= 15 is 0 Å². The van der Waals surface area contributed by atoms with Crippen LogP contribution in [-0.4, -0.2) is 137 Å². The molecule has 358 valence electrons. The van der Waals surface area contributed by atoms with Crippen LogP contribution in [-0.2, 0) is 34.8 Å². The molecule has 0 unspecified atom stereocenters. The maximum atomic E-state index is 9.95.